The third kappa shape index (κ3) is 2.89. The summed E-state index contributed by atoms with van der Waals surface area (Å²) in [6.45, 7) is 4.69. The normalized spacial score (nSPS) is 23.3. The van der Waals surface area contributed by atoms with E-state index in [0.29, 0.717) is 0 Å². The number of morpholine rings is 1. The molecule has 2 heterocycles. The maximum atomic E-state index is 6.16. The minimum absolute atomic E-state index is 0.0585. The molecule has 3 rings (SSSR count). The van der Waals surface area contributed by atoms with Gasteiger partial charge in [0.15, 0.2) is 0 Å². The fourth-order valence-corrected chi connectivity index (χ4v) is 3.24. The van der Waals surface area contributed by atoms with E-state index >= 15 is 0 Å². The van der Waals surface area contributed by atoms with Gasteiger partial charge in [-0.2, -0.15) is 0 Å². The van der Waals surface area contributed by atoms with Crippen LogP contribution in [0.2, 0.25) is 0 Å². The summed E-state index contributed by atoms with van der Waals surface area (Å²) in [5.41, 5.74) is 1.17. The van der Waals surface area contributed by atoms with Crippen LogP contribution in [0.1, 0.15) is 44.1 Å². The predicted octanol–water partition coefficient (Wildman–Crippen LogP) is 2.71. The van der Waals surface area contributed by atoms with E-state index in [4.69, 9.17) is 4.74 Å². The molecule has 1 aliphatic carbocycles. The summed E-state index contributed by atoms with van der Waals surface area (Å²) < 4.78 is 6.16. The Morgan fingerprint density at radius 1 is 1.11 bits per heavy atom. The molecule has 0 unspecified atom stereocenters. The van der Waals surface area contributed by atoms with Crippen molar-refractivity contribution in [3.05, 3.63) is 18.0 Å². The number of hydrogen-bond donors (Lipinski definition) is 0. The molecule has 19 heavy (non-hydrogen) atoms. The summed E-state index contributed by atoms with van der Waals surface area (Å²) in [6, 6.07) is 0. The topological polar surface area (TPSA) is 38.2 Å². The van der Waals surface area contributed by atoms with Crippen LogP contribution in [0, 0.1) is 6.92 Å². The van der Waals surface area contributed by atoms with Gasteiger partial charge in [0.2, 0.25) is 5.95 Å². The van der Waals surface area contributed by atoms with Gasteiger partial charge in [-0.05, 0) is 25.3 Å². The van der Waals surface area contributed by atoms with Gasteiger partial charge in [0.1, 0.15) is 0 Å². The number of anilines is 1. The highest BCUT2D eigenvalue weighted by atomic mass is 16.5. The van der Waals surface area contributed by atoms with Crippen molar-refractivity contribution in [2.75, 3.05) is 24.6 Å². The molecule has 1 aromatic rings. The highest BCUT2D eigenvalue weighted by molar-refractivity contribution is 5.31. The lowest BCUT2D eigenvalue weighted by Crippen LogP contribution is -2.52. The molecule has 4 heteroatoms. The third-order valence-corrected chi connectivity index (χ3v) is 4.31. The van der Waals surface area contributed by atoms with Gasteiger partial charge in [0.05, 0.1) is 12.2 Å². The Morgan fingerprint density at radius 2 is 1.79 bits per heavy atom. The number of ether oxygens (including phenoxy) is 1. The van der Waals surface area contributed by atoms with Crippen LogP contribution in [0.25, 0.3) is 0 Å². The standard InChI is InChI=1S/C15H23N3O/c1-13-10-16-14(17-11-13)18-8-9-19-15(12-18)6-4-2-3-5-7-15/h10-11H,2-9,12H2,1H3. The minimum Gasteiger partial charge on any atom is -0.371 e. The molecule has 0 aromatic carbocycles. The molecule has 2 fully saturated rings. The molecule has 0 radical (unpaired) electrons. The fraction of sp³-hybridized carbons (Fsp3) is 0.733. The number of aryl methyl sites for hydroxylation is 1. The second kappa shape index (κ2) is 5.45. The fourth-order valence-electron chi connectivity index (χ4n) is 3.24. The van der Waals surface area contributed by atoms with E-state index < -0.39 is 0 Å². The Balaban J connectivity index is 1.75. The molecule has 1 saturated heterocycles. The highest BCUT2D eigenvalue weighted by Gasteiger charge is 2.37. The summed E-state index contributed by atoms with van der Waals surface area (Å²) in [5.74, 6) is 0.859. The number of rotatable bonds is 1. The first-order chi connectivity index (χ1) is 9.27. The van der Waals surface area contributed by atoms with Crippen LogP contribution in [-0.2, 0) is 4.74 Å². The first-order valence-electron chi connectivity index (χ1n) is 7.45. The van der Waals surface area contributed by atoms with Gasteiger partial charge in [0, 0.05) is 25.5 Å². The second-order valence-electron chi connectivity index (χ2n) is 5.93. The van der Waals surface area contributed by atoms with Gasteiger partial charge in [-0.15, -0.1) is 0 Å². The van der Waals surface area contributed by atoms with Crippen LogP contribution in [0.5, 0.6) is 0 Å². The van der Waals surface area contributed by atoms with Crippen molar-refractivity contribution in [1.82, 2.24) is 9.97 Å². The van der Waals surface area contributed by atoms with Gasteiger partial charge >= 0.3 is 0 Å². The molecule has 0 atom stereocenters. The average molecular weight is 261 g/mol. The Kier molecular flexibility index (Phi) is 3.69. The summed E-state index contributed by atoms with van der Waals surface area (Å²) in [4.78, 5) is 11.2. The van der Waals surface area contributed by atoms with Crippen molar-refractivity contribution < 1.29 is 4.74 Å². The summed E-state index contributed by atoms with van der Waals surface area (Å²) in [5, 5.41) is 0. The molecular weight excluding hydrogens is 238 g/mol. The quantitative estimate of drug-likeness (QED) is 0.779. The maximum absolute atomic E-state index is 6.16. The Morgan fingerprint density at radius 3 is 2.47 bits per heavy atom. The lowest BCUT2D eigenvalue weighted by molar-refractivity contribution is -0.0656. The first kappa shape index (κ1) is 12.9. The van der Waals surface area contributed by atoms with Crippen LogP contribution in [-0.4, -0.2) is 35.3 Å². The number of hydrogen-bond acceptors (Lipinski definition) is 4. The van der Waals surface area contributed by atoms with Crippen LogP contribution < -0.4 is 4.90 Å². The Labute approximate surface area is 115 Å². The smallest absolute Gasteiger partial charge is 0.225 e. The zero-order chi connectivity index (χ0) is 13.1. The molecule has 1 spiro atoms. The lowest BCUT2D eigenvalue weighted by atomic mass is 9.92. The molecular formula is C15H23N3O. The molecule has 1 saturated carbocycles. The summed E-state index contributed by atoms with van der Waals surface area (Å²) in [7, 11) is 0. The Hall–Kier alpha value is -1.16. The molecule has 0 bridgehead atoms. The van der Waals surface area contributed by atoms with E-state index in [2.05, 4.69) is 14.9 Å². The minimum atomic E-state index is 0.0585. The predicted molar refractivity (Wildman–Crippen MR) is 75.4 cm³/mol. The van der Waals surface area contributed by atoms with Gasteiger partial charge in [-0.3, -0.25) is 0 Å². The molecule has 0 N–H and O–H groups in total. The van der Waals surface area contributed by atoms with Crippen molar-refractivity contribution in [3.63, 3.8) is 0 Å². The van der Waals surface area contributed by atoms with E-state index in [1.807, 2.05) is 19.3 Å². The summed E-state index contributed by atoms with van der Waals surface area (Å²) in [6.07, 6.45) is 11.5. The molecule has 1 aliphatic heterocycles. The monoisotopic (exact) mass is 261 g/mol. The number of aromatic nitrogens is 2. The van der Waals surface area contributed by atoms with Crippen molar-refractivity contribution in [2.45, 2.75) is 51.0 Å². The van der Waals surface area contributed by atoms with Crippen LogP contribution in [0.3, 0.4) is 0 Å². The zero-order valence-corrected chi connectivity index (χ0v) is 11.8. The number of nitrogens with zero attached hydrogens (tertiary/aromatic N) is 3. The van der Waals surface area contributed by atoms with E-state index in [1.54, 1.807) is 0 Å². The second-order valence-corrected chi connectivity index (χ2v) is 5.93. The van der Waals surface area contributed by atoms with Crippen LogP contribution in [0.15, 0.2) is 12.4 Å². The zero-order valence-electron chi connectivity index (χ0n) is 11.8. The van der Waals surface area contributed by atoms with Crippen molar-refractivity contribution in [2.24, 2.45) is 0 Å². The summed E-state index contributed by atoms with van der Waals surface area (Å²) >= 11 is 0. The van der Waals surface area contributed by atoms with Gasteiger partial charge in [-0.25, -0.2) is 9.97 Å². The highest BCUT2D eigenvalue weighted by Crippen LogP contribution is 2.34. The maximum Gasteiger partial charge on any atom is 0.225 e. The van der Waals surface area contributed by atoms with Gasteiger partial charge in [0.25, 0.3) is 0 Å². The van der Waals surface area contributed by atoms with Crippen molar-refractivity contribution >= 4 is 5.95 Å². The molecule has 0 amide bonds. The largest absolute Gasteiger partial charge is 0.371 e. The third-order valence-electron chi connectivity index (χ3n) is 4.31. The van der Waals surface area contributed by atoms with E-state index in [0.717, 1.165) is 31.2 Å². The van der Waals surface area contributed by atoms with Gasteiger partial charge < -0.3 is 9.64 Å². The van der Waals surface area contributed by atoms with Crippen molar-refractivity contribution in [3.8, 4) is 0 Å². The van der Waals surface area contributed by atoms with Crippen LogP contribution >= 0.6 is 0 Å². The average Bonchev–Trinajstić information content (AvgIpc) is 2.65. The van der Waals surface area contributed by atoms with E-state index in [1.165, 1.54) is 38.5 Å². The van der Waals surface area contributed by atoms with E-state index in [9.17, 15) is 0 Å². The molecule has 104 valence electrons. The SMILES string of the molecule is Cc1cnc(N2CCOC3(CCCCCC3)C2)nc1. The van der Waals surface area contributed by atoms with Gasteiger partial charge in [-0.1, -0.05) is 25.7 Å². The molecule has 1 aromatic heterocycles. The molecule has 2 aliphatic rings. The lowest BCUT2D eigenvalue weighted by Gasteiger charge is -2.42. The van der Waals surface area contributed by atoms with E-state index in [-0.39, 0.29) is 5.60 Å². The van der Waals surface area contributed by atoms with Crippen LogP contribution in [0.4, 0.5) is 5.95 Å². The van der Waals surface area contributed by atoms with Crippen molar-refractivity contribution in [1.29, 1.82) is 0 Å². The molecule has 4 nitrogen and oxygen atoms in total. The Bertz CT molecular complexity index is 410. The first-order valence-corrected chi connectivity index (χ1v) is 7.45.